The van der Waals surface area contributed by atoms with E-state index in [1.165, 1.54) is 32.1 Å². The van der Waals surface area contributed by atoms with E-state index in [1.54, 1.807) is 0 Å². The van der Waals surface area contributed by atoms with Crippen molar-refractivity contribution in [3.05, 3.63) is 12.2 Å². The monoisotopic (exact) mass is 943 g/mol. The number of carboxylic acids is 1. The van der Waals surface area contributed by atoms with Gasteiger partial charge in [-0.2, -0.15) is 15.2 Å². The van der Waals surface area contributed by atoms with Crippen molar-refractivity contribution in [3.63, 3.8) is 0 Å². The van der Waals surface area contributed by atoms with Crippen molar-refractivity contribution in [2.45, 2.75) is 180 Å². The minimum atomic E-state index is -1.97. The maximum absolute atomic E-state index is 13.7. The first-order valence-electron chi connectivity index (χ1n) is 22.0. The molecular formula is C42H69N7O17. The second kappa shape index (κ2) is 33.7. The van der Waals surface area contributed by atoms with Crippen molar-refractivity contribution in [2.24, 2.45) is 0 Å². The lowest BCUT2D eigenvalue weighted by molar-refractivity contribution is -0.178. The largest absolute Gasteiger partial charge is 0.480 e. The number of aliphatic carboxylic acids is 1. The van der Waals surface area contributed by atoms with E-state index >= 15 is 0 Å². The van der Waals surface area contributed by atoms with E-state index < -0.39 is 147 Å². The van der Waals surface area contributed by atoms with Crippen LogP contribution in [-0.4, -0.2) is 148 Å². The number of hydrogen-bond acceptors (Lipinski definition) is 16. The number of amides is 10. The number of aliphatic hydroxyl groups excluding tert-OH is 2. The minimum absolute atomic E-state index is 0.229. The molecule has 0 aliphatic carbocycles. The van der Waals surface area contributed by atoms with Gasteiger partial charge in [0, 0.05) is 40.0 Å². The summed E-state index contributed by atoms with van der Waals surface area (Å²) >= 11 is 0. The number of aliphatic hydroxyl groups is 2. The van der Waals surface area contributed by atoms with Crippen LogP contribution in [0.1, 0.15) is 150 Å². The molecule has 10 amide bonds. The normalized spacial score (nSPS) is 13.3. The Morgan fingerprint density at radius 2 is 0.864 bits per heavy atom. The third-order valence-electron chi connectivity index (χ3n) is 9.98. The van der Waals surface area contributed by atoms with Crippen molar-refractivity contribution >= 4 is 65.0 Å². The highest BCUT2D eigenvalue weighted by Gasteiger charge is 2.33. The van der Waals surface area contributed by atoms with Gasteiger partial charge in [0.2, 0.25) is 41.4 Å². The van der Waals surface area contributed by atoms with Gasteiger partial charge in [0.15, 0.2) is 0 Å². The zero-order valence-corrected chi connectivity index (χ0v) is 38.2. The molecule has 374 valence electrons. The minimum Gasteiger partial charge on any atom is -0.480 e. The molecule has 0 aliphatic heterocycles. The number of unbranched alkanes of at least 4 members (excludes halogenated alkanes) is 9. The summed E-state index contributed by atoms with van der Waals surface area (Å²) in [4.78, 5) is 136. The van der Waals surface area contributed by atoms with E-state index in [4.69, 9.17) is 0 Å². The van der Waals surface area contributed by atoms with Gasteiger partial charge in [0.1, 0.15) is 24.2 Å². The van der Waals surface area contributed by atoms with Gasteiger partial charge in [-0.25, -0.2) is 4.79 Å². The van der Waals surface area contributed by atoms with Crippen molar-refractivity contribution in [1.29, 1.82) is 0 Å². The number of nitrogens with zero attached hydrogens (tertiary/aromatic N) is 3. The van der Waals surface area contributed by atoms with E-state index in [-0.39, 0.29) is 21.6 Å². The van der Waals surface area contributed by atoms with E-state index in [2.05, 4.69) is 29.7 Å². The first-order chi connectivity index (χ1) is 31.1. The number of hydroxylamine groups is 6. The van der Waals surface area contributed by atoms with Crippen LogP contribution in [0.4, 0.5) is 0 Å². The van der Waals surface area contributed by atoms with E-state index in [1.807, 2.05) is 10.6 Å². The van der Waals surface area contributed by atoms with Crippen molar-refractivity contribution in [1.82, 2.24) is 36.5 Å². The Morgan fingerprint density at radius 3 is 1.29 bits per heavy atom. The Morgan fingerprint density at radius 1 is 0.500 bits per heavy atom. The van der Waals surface area contributed by atoms with Gasteiger partial charge in [0.05, 0.1) is 19.1 Å². The van der Waals surface area contributed by atoms with Crippen molar-refractivity contribution in [2.75, 3.05) is 6.61 Å². The highest BCUT2D eigenvalue weighted by molar-refractivity contribution is 5.97. The molecule has 0 aromatic rings. The predicted molar refractivity (Wildman–Crippen MR) is 229 cm³/mol. The number of nitrogens with one attached hydrogen (secondary N) is 4. The number of carbonyl (C=O) groups is 11. The summed E-state index contributed by atoms with van der Waals surface area (Å²) in [5.41, 5.74) is 0. The van der Waals surface area contributed by atoms with Crippen LogP contribution in [-0.2, 0) is 52.7 Å². The van der Waals surface area contributed by atoms with Gasteiger partial charge in [-0.1, -0.05) is 64.0 Å². The standard InChI is InChI=1S/C42H69N7O17/c1-5-6-7-8-9-10-11-12-13-14-15-16-17-18-30(54)25-35(55)43-31(19-22-36(56)47(64)27(2)51)39(59)44-32(20-23-37(57)48(65)28(3)52)40(60)46-34(26-50)41(61)45-33(42(62)63)21-24-38(58)49(66)29(4)53/h12-13,30-34,50,54,64-66H,5-11,14-26H2,1-4H3,(H,43,55)(H,44,59)(H,45,61)(H,46,60)(H,62,63)/b13-12-/t30?,31-,32-,33-,34-/m0/s1. The highest BCUT2D eigenvalue weighted by Crippen LogP contribution is 2.12. The second-order valence-corrected chi connectivity index (χ2v) is 15.6. The third-order valence-corrected chi connectivity index (χ3v) is 9.98. The third kappa shape index (κ3) is 25.7. The first kappa shape index (κ1) is 60.3. The molecule has 0 spiro atoms. The lowest BCUT2D eigenvalue weighted by atomic mass is 10.0. The van der Waals surface area contributed by atoms with Crippen LogP contribution >= 0.6 is 0 Å². The smallest absolute Gasteiger partial charge is 0.326 e. The van der Waals surface area contributed by atoms with Crippen LogP contribution < -0.4 is 21.3 Å². The molecule has 5 atom stereocenters. The van der Waals surface area contributed by atoms with Gasteiger partial charge in [-0.3, -0.25) is 63.6 Å². The van der Waals surface area contributed by atoms with Crippen LogP contribution in [0.15, 0.2) is 12.2 Å². The summed E-state index contributed by atoms with van der Waals surface area (Å²) < 4.78 is 0. The fourth-order valence-corrected chi connectivity index (χ4v) is 6.12. The van der Waals surface area contributed by atoms with Crippen LogP contribution in [0.5, 0.6) is 0 Å². The zero-order valence-electron chi connectivity index (χ0n) is 38.2. The molecular weight excluding hydrogens is 874 g/mol. The molecule has 0 rings (SSSR count). The molecule has 0 heterocycles. The molecule has 0 bridgehead atoms. The average molecular weight is 944 g/mol. The second-order valence-electron chi connectivity index (χ2n) is 15.6. The maximum Gasteiger partial charge on any atom is 0.326 e. The number of carbonyl (C=O) groups excluding carboxylic acids is 10. The topological polar surface area (TPSA) is 367 Å². The quantitative estimate of drug-likeness (QED) is 0.0187. The van der Waals surface area contributed by atoms with Crippen LogP contribution in [0.25, 0.3) is 0 Å². The number of allylic oxidation sites excluding steroid dienone is 2. The Kier molecular flexibility index (Phi) is 30.8. The lowest BCUT2D eigenvalue weighted by Crippen LogP contribution is -2.58. The van der Waals surface area contributed by atoms with Crippen LogP contribution in [0.2, 0.25) is 0 Å². The van der Waals surface area contributed by atoms with E-state index in [0.29, 0.717) is 6.42 Å². The molecule has 24 nitrogen and oxygen atoms in total. The molecule has 0 radical (unpaired) electrons. The van der Waals surface area contributed by atoms with Gasteiger partial charge in [-0.05, 0) is 51.4 Å². The fourth-order valence-electron chi connectivity index (χ4n) is 6.12. The summed E-state index contributed by atoms with van der Waals surface area (Å²) in [7, 11) is 0. The maximum atomic E-state index is 13.7. The molecule has 66 heavy (non-hydrogen) atoms. The van der Waals surface area contributed by atoms with Crippen LogP contribution in [0.3, 0.4) is 0 Å². The Balaban J connectivity index is 6.01. The Labute approximate surface area is 383 Å². The van der Waals surface area contributed by atoms with E-state index in [0.717, 1.165) is 52.9 Å². The summed E-state index contributed by atoms with van der Waals surface area (Å²) in [6.07, 6.45) is 9.92. The molecule has 0 fully saturated rings. The molecule has 0 aromatic heterocycles. The van der Waals surface area contributed by atoms with Gasteiger partial charge >= 0.3 is 5.97 Å². The predicted octanol–water partition coefficient (Wildman–Crippen LogP) is 0.644. The Bertz CT molecular complexity index is 1680. The molecule has 0 aliphatic rings. The molecule has 0 aromatic carbocycles. The first-order valence-corrected chi connectivity index (χ1v) is 22.0. The van der Waals surface area contributed by atoms with E-state index in [9.17, 15) is 83.7 Å². The molecule has 0 saturated carbocycles. The highest BCUT2D eigenvalue weighted by atomic mass is 16.5. The number of rotatable bonds is 33. The lowest BCUT2D eigenvalue weighted by Gasteiger charge is -2.26. The summed E-state index contributed by atoms with van der Waals surface area (Å²) in [6, 6.07) is -7.44. The van der Waals surface area contributed by atoms with Gasteiger partial charge in [0.25, 0.3) is 17.7 Å². The summed E-state index contributed by atoms with van der Waals surface area (Å²) in [5, 5.41) is 66.9. The average Bonchev–Trinajstić information content (AvgIpc) is 3.26. The number of imide groups is 3. The van der Waals surface area contributed by atoms with Crippen molar-refractivity contribution < 1.29 is 83.7 Å². The summed E-state index contributed by atoms with van der Waals surface area (Å²) in [5.74, 6) is -13.4. The number of hydrogen-bond donors (Lipinski definition) is 10. The van der Waals surface area contributed by atoms with Crippen LogP contribution in [0, 0.1) is 0 Å². The molecule has 10 N–H and O–H groups in total. The SMILES string of the molecule is CCCCCCCC/C=C\CCCCCC(O)CC(=O)N[C@@H](CCC(=O)N(O)C(C)=O)C(=O)N[C@@H](CCC(=O)N(O)C(C)=O)C(=O)N[C@@H](CO)C(=O)N[C@@H](CCC(=O)N(O)C(C)=O)C(=O)O. The molecule has 24 heteroatoms. The summed E-state index contributed by atoms with van der Waals surface area (Å²) in [6.45, 7) is 3.53. The zero-order chi connectivity index (χ0) is 50.4. The van der Waals surface area contributed by atoms with Gasteiger partial charge < -0.3 is 36.6 Å². The van der Waals surface area contributed by atoms with Gasteiger partial charge in [-0.15, -0.1) is 0 Å². The molecule has 0 saturated heterocycles. The molecule has 1 unspecified atom stereocenters. The Hall–Kier alpha value is -5.69. The van der Waals surface area contributed by atoms with Crippen molar-refractivity contribution in [3.8, 4) is 0 Å². The fraction of sp³-hybridized carbons (Fsp3) is 0.690. The number of carboxylic acid groups (broad SMARTS) is 1.